The van der Waals surface area contributed by atoms with Gasteiger partial charge >= 0.3 is 0 Å². The zero-order valence-corrected chi connectivity index (χ0v) is 8.63. The Kier molecular flexibility index (Phi) is 4.59. The second-order valence-electron chi connectivity index (χ2n) is 3.79. The van der Waals surface area contributed by atoms with Gasteiger partial charge in [-0.3, -0.25) is 0 Å². The van der Waals surface area contributed by atoms with Crippen molar-refractivity contribution in [1.82, 2.24) is 0 Å². The van der Waals surface area contributed by atoms with Gasteiger partial charge in [-0.1, -0.05) is 50.6 Å². The molecule has 13 heavy (non-hydrogen) atoms. The molecule has 1 rings (SSSR count). The first-order valence-corrected chi connectivity index (χ1v) is 5.36. The van der Waals surface area contributed by atoms with Crippen molar-refractivity contribution >= 4 is 0 Å². The van der Waals surface area contributed by atoms with Crippen LogP contribution in [0.1, 0.15) is 39.0 Å². The minimum Gasteiger partial charge on any atom is -0.0985 e. The molecule has 0 N–H and O–H groups in total. The molecule has 1 aliphatic rings. The summed E-state index contributed by atoms with van der Waals surface area (Å²) in [7, 11) is 0. The van der Waals surface area contributed by atoms with Crippen molar-refractivity contribution < 1.29 is 0 Å². The first-order chi connectivity index (χ1) is 6.36. The molecule has 1 atom stereocenters. The van der Waals surface area contributed by atoms with Crippen LogP contribution in [-0.4, -0.2) is 0 Å². The predicted octanol–water partition coefficient (Wildman–Crippen LogP) is 4.26. The Hall–Kier alpha value is -0.780. The van der Waals surface area contributed by atoms with Crippen LogP contribution in [0.5, 0.6) is 0 Å². The van der Waals surface area contributed by atoms with Gasteiger partial charge in [-0.2, -0.15) is 0 Å². The molecule has 0 saturated heterocycles. The Balaban J connectivity index is 2.41. The molecule has 0 saturated carbocycles. The fourth-order valence-electron chi connectivity index (χ4n) is 1.74. The van der Waals surface area contributed by atoms with Gasteiger partial charge in [-0.25, -0.2) is 0 Å². The molecular formula is C13H20. The maximum atomic E-state index is 3.79. The summed E-state index contributed by atoms with van der Waals surface area (Å²) in [6.07, 6.45) is 15.3. The van der Waals surface area contributed by atoms with Gasteiger partial charge in [0.1, 0.15) is 0 Å². The zero-order chi connectivity index (χ0) is 9.52. The SMILES string of the molecule is C=CC1=CCC(CCCC)CC=C1. The lowest BCUT2D eigenvalue weighted by Crippen LogP contribution is -1.96. The summed E-state index contributed by atoms with van der Waals surface area (Å²) in [5.41, 5.74) is 1.29. The molecule has 72 valence electrons. The molecule has 0 nitrogen and oxygen atoms in total. The van der Waals surface area contributed by atoms with Crippen LogP contribution in [-0.2, 0) is 0 Å². The normalized spacial score (nSPS) is 22.2. The topological polar surface area (TPSA) is 0 Å². The first-order valence-electron chi connectivity index (χ1n) is 5.36. The highest BCUT2D eigenvalue weighted by molar-refractivity contribution is 5.30. The van der Waals surface area contributed by atoms with Gasteiger partial charge in [-0.05, 0) is 30.8 Å². The Morgan fingerprint density at radius 2 is 2.38 bits per heavy atom. The molecule has 0 heteroatoms. The monoisotopic (exact) mass is 176 g/mol. The van der Waals surface area contributed by atoms with Gasteiger partial charge in [0.2, 0.25) is 0 Å². The van der Waals surface area contributed by atoms with Crippen LogP contribution < -0.4 is 0 Å². The molecule has 0 fully saturated rings. The number of hydrogen-bond donors (Lipinski definition) is 0. The number of allylic oxidation sites excluding steroid dienone is 5. The number of unbranched alkanes of at least 4 members (excludes halogenated alkanes) is 1. The van der Waals surface area contributed by atoms with Crippen LogP contribution >= 0.6 is 0 Å². The average Bonchev–Trinajstić information content (AvgIpc) is 2.39. The summed E-state index contributed by atoms with van der Waals surface area (Å²) in [5.74, 6) is 0.869. The molecule has 1 aliphatic carbocycles. The van der Waals surface area contributed by atoms with Crippen molar-refractivity contribution in [3.05, 3.63) is 36.5 Å². The van der Waals surface area contributed by atoms with Crippen LogP contribution in [0.15, 0.2) is 36.5 Å². The highest BCUT2D eigenvalue weighted by Gasteiger charge is 2.06. The summed E-state index contributed by atoms with van der Waals surface area (Å²) >= 11 is 0. The van der Waals surface area contributed by atoms with Crippen molar-refractivity contribution in [2.24, 2.45) is 5.92 Å². The second kappa shape index (κ2) is 5.80. The largest absolute Gasteiger partial charge is 0.0985 e. The first kappa shape index (κ1) is 10.3. The van der Waals surface area contributed by atoms with Crippen LogP contribution in [0.2, 0.25) is 0 Å². The fourth-order valence-corrected chi connectivity index (χ4v) is 1.74. The molecule has 0 heterocycles. The summed E-state index contributed by atoms with van der Waals surface area (Å²) in [5, 5.41) is 0. The molecule has 0 aliphatic heterocycles. The van der Waals surface area contributed by atoms with Gasteiger partial charge in [0, 0.05) is 0 Å². The molecular weight excluding hydrogens is 156 g/mol. The highest BCUT2D eigenvalue weighted by atomic mass is 14.1. The van der Waals surface area contributed by atoms with Gasteiger partial charge in [-0.15, -0.1) is 0 Å². The highest BCUT2D eigenvalue weighted by Crippen LogP contribution is 2.22. The second-order valence-corrected chi connectivity index (χ2v) is 3.79. The van der Waals surface area contributed by atoms with E-state index in [1.807, 2.05) is 6.08 Å². The maximum Gasteiger partial charge on any atom is -0.0306 e. The van der Waals surface area contributed by atoms with E-state index in [0.29, 0.717) is 0 Å². The quantitative estimate of drug-likeness (QED) is 0.600. The number of rotatable bonds is 4. The van der Waals surface area contributed by atoms with Gasteiger partial charge in [0.25, 0.3) is 0 Å². The van der Waals surface area contributed by atoms with Crippen LogP contribution in [0.25, 0.3) is 0 Å². The lowest BCUT2D eigenvalue weighted by Gasteiger charge is -2.10. The van der Waals surface area contributed by atoms with E-state index in [-0.39, 0.29) is 0 Å². The molecule has 0 amide bonds. The molecule has 0 radical (unpaired) electrons. The van der Waals surface area contributed by atoms with Crippen LogP contribution in [0.3, 0.4) is 0 Å². The van der Waals surface area contributed by atoms with E-state index in [9.17, 15) is 0 Å². The minimum atomic E-state index is 0.869. The fraction of sp³-hybridized carbons (Fsp3) is 0.538. The molecule has 0 spiro atoms. The van der Waals surface area contributed by atoms with Crippen molar-refractivity contribution in [2.75, 3.05) is 0 Å². The molecule has 0 aromatic heterocycles. The van der Waals surface area contributed by atoms with Crippen molar-refractivity contribution in [2.45, 2.75) is 39.0 Å². The molecule has 1 unspecified atom stereocenters. The molecule has 0 bridgehead atoms. The average molecular weight is 176 g/mol. The summed E-state index contributed by atoms with van der Waals surface area (Å²) in [4.78, 5) is 0. The van der Waals surface area contributed by atoms with Gasteiger partial charge < -0.3 is 0 Å². The van der Waals surface area contributed by atoms with Crippen molar-refractivity contribution in [1.29, 1.82) is 0 Å². The lowest BCUT2D eigenvalue weighted by atomic mass is 9.96. The third-order valence-corrected chi connectivity index (χ3v) is 2.67. The minimum absolute atomic E-state index is 0.869. The molecule has 0 aromatic carbocycles. The van der Waals surface area contributed by atoms with Crippen LogP contribution in [0.4, 0.5) is 0 Å². The Morgan fingerprint density at radius 1 is 1.54 bits per heavy atom. The van der Waals surface area contributed by atoms with E-state index in [1.165, 1.54) is 37.7 Å². The van der Waals surface area contributed by atoms with E-state index in [2.05, 4.69) is 31.7 Å². The Labute approximate surface area is 82.0 Å². The van der Waals surface area contributed by atoms with Crippen molar-refractivity contribution in [3.63, 3.8) is 0 Å². The maximum absolute atomic E-state index is 3.79. The van der Waals surface area contributed by atoms with E-state index in [1.54, 1.807) is 0 Å². The van der Waals surface area contributed by atoms with E-state index in [0.717, 1.165) is 5.92 Å². The number of hydrogen-bond acceptors (Lipinski definition) is 0. The van der Waals surface area contributed by atoms with Gasteiger partial charge in [0.05, 0.1) is 0 Å². The predicted molar refractivity (Wildman–Crippen MR) is 59.7 cm³/mol. The Morgan fingerprint density at radius 3 is 3.08 bits per heavy atom. The summed E-state index contributed by atoms with van der Waals surface area (Å²) < 4.78 is 0. The smallest absolute Gasteiger partial charge is 0.0306 e. The van der Waals surface area contributed by atoms with E-state index >= 15 is 0 Å². The Bertz CT molecular complexity index is 208. The lowest BCUT2D eigenvalue weighted by molar-refractivity contribution is 0.477. The molecule has 0 aromatic rings. The van der Waals surface area contributed by atoms with E-state index < -0.39 is 0 Å². The third-order valence-electron chi connectivity index (χ3n) is 2.67. The van der Waals surface area contributed by atoms with Crippen LogP contribution in [0, 0.1) is 5.92 Å². The zero-order valence-electron chi connectivity index (χ0n) is 8.63. The van der Waals surface area contributed by atoms with E-state index in [4.69, 9.17) is 0 Å². The van der Waals surface area contributed by atoms with Crippen molar-refractivity contribution in [3.8, 4) is 0 Å². The standard InChI is InChI=1S/C13H20/c1-3-5-7-13-9-6-8-12(4-2)10-11-13/h4,6,8,10,13H,2-3,5,7,9,11H2,1H3. The van der Waals surface area contributed by atoms with Gasteiger partial charge in [0.15, 0.2) is 0 Å². The third kappa shape index (κ3) is 3.63. The summed E-state index contributed by atoms with van der Waals surface area (Å²) in [6, 6.07) is 0. The summed E-state index contributed by atoms with van der Waals surface area (Å²) in [6.45, 7) is 6.06.